The second-order valence-corrected chi connectivity index (χ2v) is 5.06. The van der Waals surface area contributed by atoms with Crippen LogP contribution in [0.15, 0.2) is 29.2 Å². The zero-order valence-electron chi connectivity index (χ0n) is 9.63. The molecule has 1 aromatic rings. The van der Waals surface area contributed by atoms with Crippen LogP contribution in [0.25, 0.3) is 0 Å². The summed E-state index contributed by atoms with van der Waals surface area (Å²) in [7, 11) is -4.02. The molecule has 1 fully saturated rings. The van der Waals surface area contributed by atoms with Crippen molar-refractivity contribution in [2.75, 3.05) is 13.2 Å². The van der Waals surface area contributed by atoms with Gasteiger partial charge in [0.25, 0.3) is 10.1 Å². The van der Waals surface area contributed by atoms with E-state index in [4.69, 9.17) is 4.55 Å². The molecule has 0 bridgehead atoms. The summed E-state index contributed by atoms with van der Waals surface area (Å²) in [6, 6.07) is 5.99. The average molecular weight is 260 g/mol. The van der Waals surface area contributed by atoms with Crippen molar-refractivity contribution in [1.82, 2.24) is 0 Å². The molecule has 5 nitrogen and oxygen atoms in total. The molecule has 0 unspecified atom stereocenters. The predicted molar refractivity (Wildman–Crippen MR) is 62.1 cm³/mol. The Hall–Kier alpha value is -0.950. The number of benzene rings is 1. The highest BCUT2D eigenvalue weighted by Gasteiger charge is 2.06. The lowest BCUT2D eigenvalue weighted by atomic mass is 10.2. The van der Waals surface area contributed by atoms with Gasteiger partial charge in [-0.1, -0.05) is 17.7 Å². The third-order valence-corrected chi connectivity index (χ3v) is 2.98. The number of hydrogen-bond donors (Lipinski definition) is 1. The first kappa shape index (κ1) is 14.1. The van der Waals surface area contributed by atoms with E-state index in [1.54, 1.807) is 12.1 Å². The van der Waals surface area contributed by atoms with E-state index in [-0.39, 0.29) is 4.90 Å². The fourth-order valence-electron chi connectivity index (χ4n) is 1.15. The normalized spacial score (nSPS) is 15.9. The van der Waals surface area contributed by atoms with Crippen LogP contribution in [0.5, 0.6) is 0 Å². The van der Waals surface area contributed by atoms with Gasteiger partial charge in [0, 0.05) is 0 Å². The van der Waals surface area contributed by atoms with Gasteiger partial charge < -0.3 is 0 Å². The zero-order chi connectivity index (χ0) is 12.7. The Morgan fingerprint density at radius 1 is 1.06 bits per heavy atom. The van der Waals surface area contributed by atoms with E-state index < -0.39 is 10.1 Å². The second-order valence-electron chi connectivity index (χ2n) is 3.64. The molecule has 0 spiro atoms. The van der Waals surface area contributed by atoms with Gasteiger partial charge in [-0.2, -0.15) is 8.42 Å². The van der Waals surface area contributed by atoms with Crippen molar-refractivity contribution in [3.8, 4) is 0 Å². The quantitative estimate of drug-likeness (QED) is 0.617. The molecule has 6 heteroatoms. The monoisotopic (exact) mass is 260 g/mol. The first-order valence-corrected chi connectivity index (χ1v) is 6.73. The molecule has 0 saturated carbocycles. The lowest BCUT2D eigenvalue weighted by molar-refractivity contribution is -0.312. The van der Waals surface area contributed by atoms with E-state index in [2.05, 4.69) is 9.78 Å². The van der Waals surface area contributed by atoms with E-state index in [1.165, 1.54) is 12.1 Å². The largest absolute Gasteiger partial charge is 0.294 e. The second kappa shape index (κ2) is 6.70. The molecule has 96 valence electrons. The van der Waals surface area contributed by atoms with Gasteiger partial charge in [-0.05, 0) is 31.9 Å². The third kappa shape index (κ3) is 5.78. The molecular formula is C11H16O5S. The maximum atomic E-state index is 10.5. The number of rotatable bonds is 1. The standard InChI is InChI=1S/C7H8O3S.C4H8O2/c1-6-2-4-7(5-3-6)11(8,9)10;1-2-4-6-5-3-1/h2-5H,1H3,(H,8,9,10);1-4H2. The predicted octanol–water partition coefficient (Wildman–Crippen LogP) is 1.97. The van der Waals surface area contributed by atoms with Crippen LogP contribution in [0.1, 0.15) is 18.4 Å². The summed E-state index contributed by atoms with van der Waals surface area (Å²) in [6.07, 6.45) is 2.31. The SMILES string of the molecule is C1CCOOC1.Cc1ccc(S(=O)(=O)O)cc1. The molecule has 17 heavy (non-hydrogen) atoms. The summed E-state index contributed by atoms with van der Waals surface area (Å²) < 4.78 is 29.6. The molecule has 1 heterocycles. The van der Waals surface area contributed by atoms with Gasteiger partial charge in [0.1, 0.15) is 0 Å². The fraction of sp³-hybridized carbons (Fsp3) is 0.455. The summed E-state index contributed by atoms with van der Waals surface area (Å²) in [5.74, 6) is 0. The van der Waals surface area contributed by atoms with Crippen LogP contribution in [-0.4, -0.2) is 26.2 Å². The highest BCUT2D eigenvalue weighted by atomic mass is 32.2. The van der Waals surface area contributed by atoms with Crippen molar-refractivity contribution in [3.63, 3.8) is 0 Å². The van der Waals surface area contributed by atoms with Crippen molar-refractivity contribution in [3.05, 3.63) is 29.8 Å². The van der Waals surface area contributed by atoms with E-state index in [0.717, 1.165) is 31.6 Å². The number of aryl methyl sites for hydroxylation is 1. The zero-order valence-corrected chi connectivity index (χ0v) is 10.4. The van der Waals surface area contributed by atoms with Crippen LogP contribution in [-0.2, 0) is 19.9 Å². The Labute approximate surface area is 101 Å². The van der Waals surface area contributed by atoms with Crippen LogP contribution >= 0.6 is 0 Å². The van der Waals surface area contributed by atoms with Gasteiger partial charge >= 0.3 is 0 Å². The fourth-order valence-corrected chi connectivity index (χ4v) is 1.63. The molecule has 1 aromatic carbocycles. The van der Waals surface area contributed by atoms with Gasteiger partial charge in [0.2, 0.25) is 0 Å². The summed E-state index contributed by atoms with van der Waals surface area (Å²) in [4.78, 5) is 9.07. The Morgan fingerprint density at radius 3 is 1.82 bits per heavy atom. The van der Waals surface area contributed by atoms with E-state index in [0.29, 0.717) is 0 Å². The summed E-state index contributed by atoms with van der Waals surface area (Å²) in [5, 5.41) is 0. The molecule has 1 aliphatic heterocycles. The lowest BCUT2D eigenvalue weighted by Gasteiger charge is -2.07. The van der Waals surface area contributed by atoms with Gasteiger partial charge in [-0.3, -0.25) is 4.55 Å². The van der Waals surface area contributed by atoms with Crippen LogP contribution in [0.4, 0.5) is 0 Å². The van der Waals surface area contributed by atoms with E-state index in [1.807, 2.05) is 6.92 Å². The van der Waals surface area contributed by atoms with Crippen molar-refractivity contribution >= 4 is 10.1 Å². The smallest absolute Gasteiger partial charge is 0.282 e. The van der Waals surface area contributed by atoms with E-state index >= 15 is 0 Å². The Bertz CT molecular complexity index is 408. The summed E-state index contributed by atoms with van der Waals surface area (Å²) in [6.45, 7) is 3.40. The molecule has 1 saturated heterocycles. The van der Waals surface area contributed by atoms with Gasteiger partial charge in [0.15, 0.2) is 0 Å². The molecule has 1 N–H and O–H groups in total. The molecular weight excluding hydrogens is 244 g/mol. The van der Waals surface area contributed by atoms with Gasteiger partial charge in [-0.25, -0.2) is 9.78 Å². The van der Waals surface area contributed by atoms with Gasteiger partial charge in [0.05, 0.1) is 18.1 Å². The molecule has 2 rings (SSSR count). The minimum absolute atomic E-state index is 0.0666. The molecule has 0 aliphatic carbocycles. The van der Waals surface area contributed by atoms with Crippen LogP contribution in [0.2, 0.25) is 0 Å². The minimum Gasteiger partial charge on any atom is -0.282 e. The van der Waals surface area contributed by atoms with Crippen LogP contribution in [0.3, 0.4) is 0 Å². The first-order chi connectivity index (χ1) is 8.00. The molecule has 1 aliphatic rings. The topological polar surface area (TPSA) is 72.8 Å². The van der Waals surface area contributed by atoms with Crippen molar-refractivity contribution in [2.24, 2.45) is 0 Å². The first-order valence-electron chi connectivity index (χ1n) is 5.29. The highest BCUT2D eigenvalue weighted by Crippen LogP contribution is 2.08. The lowest BCUT2D eigenvalue weighted by Crippen LogP contribution is -2.05. The maximum absolute atomic E-state index is 10.5. The Kier molecular flexibility index (Phi) is 5.57. The van der Waals surface area contributed by atoms with Crippen molar-refractivity contribution in [1.29, 1.82) is 0 Å². The van der Waals surface area contributed by atoms with Crippen molar-refractivity contribution < 1.29 is 22.7 Å². The van der Waals surface area contributed by atoms with E-state index in [9.17, 15) is 8.42 Å². The number of hydrogen-bond acceptors (Lipinski definition) is 4. The summed E-state index contributed by atoms with van der Waals surface area (Å²) >= 11 is 0. The Balaban J connectivity index is 0.000000202. The van der Waals surface area contributed by atoms with Crippen molar-refractivity contribution in [2.45, 2.75) is 24.7 Å². The van der Waals surface area contributed by atoms with Crippen LogP contribution in [0, 0.1) is 6.92 Å². The summed E-state index contributed by atoms with van der Waals surface area (Å²) in [5.41, 5.74) is 0.956. The minimum atomic E-state index is -4.02. The molecule has 0 aromatic heterocycles. The third-order valence-electron chi connectivity index (χ3n) is 2.11. The maximum Gasteiger partial charge on any atom is 0.294 e. The highest BCUT2D eigenvalue weighted by molar-refractivity contribution is 7.85. The Morgan fingerprint density at radius 2 is 1.53 bits per heavy atom. The van der Waals surface area contributed by atoms with Gasteiger partial charge in [-0.15, -0.1) is 0 Å². The molecule has 0 atom stereocenters. The van der Waals surface area contributed by atoms with Crippen LogP contribution < -0.4 is 0 Å². The average Bonchev–Trinajstić information content (AvgIpc) is 2.31. The molecule has 0 amide bonds. The molecule has 0 radical (unpaired) electrons.